The summed E-state index contributed by atoms with van der Waals surface area (Å²) in [7, 11) is 0. The van der Waals surface area contributed by atoms with E-state index in [0.717, 1.165) is 71.9 Å². The van der Waals surface area contributed by atoms with Gasteiger partial charge in [-0.25, -0.2) is 9.78 Å². The number of likely N-dealkylation sites (tertiary alicyclic amines) is 1. The molecule has 37 heavy (non-hydrogen) atoms. The smallest absolute Gasteiger partial charge is 0.317 e. The minimum atomic E-state index is 0.0299. The SMILES string of the molecule is Cc1nc2cc(-c3n[nH]c4c3CN(C(=O)NC3CCCN(Cc5c(C)cccc5C)C3)CC4)ccc2s1. The number of carbonyl (C=O) groups excluding carboxylic acids is 1. The summed E-state index contributed by atoms with van der Waals surface area (Å²) in [6, 6.07) is 13.1. The molecule has 0 bridgehead atoms. The van der Waals surface area contributed by atoms with E-state index in [1.807, 2.05) is 11.8 Å². The minimum Gasteiger partial charge on any atom is -0.334 e. The second-order valence-corrected chi connectivity index (χ2v) is 11.7. The second kappa shape index (κ2) is 9.91. The number of urea groups is 1. The van der Waals surface area contributed by atoms with Crippen LogP contribution in [0, 0.1) is 20.8 Å². The standard InChI is InChI=1S/C29H34N6OS/c1-18-6-4-7-19(2)23(18)16-34-12-5-8-22(15-34)31-29(36)35-13-11-25-24(17-35)28(33-32-25)21-9-10-27-26(14-21)30-20(3)37-27/h4,6-7,9-10,14,22H,5,8,11-13,15-17H2,1-3H3,(H,31,36)(H,32,33). The van der Waals surface area contributed by atoms with Crippen LogP contribution in [0.5, 0.6) is 0 Å². The van der Waals surface area contributed by atoms with Crippen molar-refractivity contribution in [3.8, 4) is 11.3 Å². The molecule has 2 amide bonds. The molecule has 2 aromatic carbocycles. The Morgan fingerprint density at radius 1 is 1.16 bits per heavy atom. The average molecular weight is 515 g/mol. The van der Waals surface area contributed by atoms with Crippen LogP contribution >= 0.6 is 11.3 Å². The molecule has 8 heteroatoms. The van der Waals surface area contributed by atoms with Gasteiger partial charge in [-0.15, -0.1) is 11.3 Å². The highest BCUT2D eigenvalue weighted by Gasteiger charge is 2.29. The molecule has 7 nitrogen and oxygen atoms in total. The second-order valence-electron chi connectivity index (χ2n) is 10.5. The van der Waals surface area contributed by atoms with Gasteiger partial charge in [-0.3, -0.25) is 10.00 Å². The lowest BCUT2D eigenvalue weighted by molar-refractivity contribution is 0.160. The number of hydrogen-bond acceptors (Lipinski definition) is 5. The van der Waals surface area contributed by atoms with Crippen molar-refractivity contribution in [2.45, 2.75) is 59.2 Å². The van der Waals surface area contributed by atoms with E-state index in [1.165, 1.54) is 21.4 Å². The van der Waals surface area contributed by atoms with E-state index >= 15 is 0 Å². The topological polar surface area (TPSA) is 77.1 Å². The quantitative estimate of drug-likeness (QED) is 0.385. The number of aryl methyl sites for hydroxylation is 3. The van der Waals surface area contributed by atoms with Gasteiger partial charge in [0.2, 0.25) is 0 Å². The van der Waals surface area contributed by atoms with Gasteiger partial charge >= 0.3 is 6.03 Å². The van der Waals surface area contributed by atoms with Crippen molar-refractivity contribution in [3.63, 3.8) is 0 Å². The Bertz CT molecular complexity index is 1440. The maximum atomic E-state index is 13.4. The van der Waals surface area contributed by atoms with Crippen molar-refractivity contribution in [2.24, 2.45) is 0 Å². The third-order valence-corrected chi connectivity index (χ3v) is 8.80. The van der Waals surface area contributed by atoms with Crippen LogP contribution in [0.2, 0.25) is 0 Å². The monoisotopic (exact) mass is 514 g/mol. The number of piperidine rings is 1. The maximum absolute atomic E-state index is 13.4. The molecule has 0 radical (unpaired) electrons. The van der Waals surface area contributed by atoms with Crippen LogP contribution in [0.1, 0.15) is 45.8 Å². The lowest BCUT2D eigenvalue weighted by Gasteiger charge is -2.35. The van der Waals surface area contributed by atoms with Crippen molar-refractivity contribution < 1.29 is 4.79 Å². The summed E-state index contributed by atoms with van der Waals surface area (Å²) in [5.74, 6) is 0. The molecule has 2 aliphatic rings. The fraction of sp³-hybridized carbons (Fsp3) is 0.414. The van der Waals surface area contributed by atoms with Gasteiger partial charge in [-0.05, 0) is 69.0 Å². The van der Waals surface area contributed by atoms with E-state index in [9.17, 15) is 4.79 Å². The molecule has 0 spiro atoms. The highest BCUT2D eigenvalue weighted by atomic mass is 32.1. The number of hydrogen-bond donors (Lipinski definition) is 2. The molecule has 2 aromatic heterocycles. The fourth-order valence-corrected chi connectivity index (χ4v) is 6.61. The van der Waals surface area contributed by atoms with E-state index in [4.69, 9.17) is 0 Å². The largest absolute Gasteiger partial charge is 0.334 e. The zero-order valence-corrected chi connectivity index (χ0v) is 22.6. The Kier molecular flexibility index (Phi) is 6.46. The van der Waals surface area contributed by atoms with Gasteiger partial charge in [0.05, 0.1) is 27.5 Å². The van der Waals surface area contributed by atoms with Gasteiger partial charge in [0, 0.05) is 48.9 Å². The number of thiazole rings is 1. The number of H-pyrrole nitrogens is 1. The first-order valence-electron chi connectivity index (χ1n) is 13.2. The third-order valence-electron chi connectivity index (χ3n) is 7.85. The van der Waals surface area contributed by atoms with Crippen LogP contribution < -0.4 is 5.32 Å². The summed E-state index contributed by atoms with van der Waals surface area (Å²) in [5, 5.41) is 12.3. The van der Waals surface area contributed by atoms with Crippen molar-refractivity contribution in [3.05, 3.63) is 69.4 Å². The van der Waals surface area contributed by atoms with Crippen molar-refractivity contribution in [1.29, 1.82) is 0 Å². The molecule has 0 saturated carbocycles. The molecule has 192 valence electrons. The number of amides is 2. The number of fused-ring (bicyclic) bond motifs is 2. The van der Waals surface area contributed by atoms with Gasteiger partial charge in [0.25, 0.3) is 0 Å². The fourth-order valence-electron chi connectivity index (χ4n) is 5.80. The summed E-state index contributed by atoms with van der Waals surface area (Å²) in [6.45, 7) is 10.6. The normalized spacial score (nSPS) is 18.2. The van der Waals surface area contributed by atoms with E-state index in [0.29, 0.717) is 13.1 Å². The van der Waals surface area contributed by atoms with Gasteiger partial charge in [0.1, 0.15) is 0 Å². The molecule has 1 saturated heterocycles. The van der Waals surface area contributed by atoms with Crippen LogP contribution in [0.3, 0.4) is 0 Å². The Morgan fingerprint density at radius 3 is 2.84 bits per heavy atom. The first-order valence-corrected chi connectivity index (χ1v) is 14.0. The van der Waals surface area contributed by atoms with Crippen molar-refractivity contribution in [2.75, 3.05) is 19.6 Å². The zero-order valence-electron chi connectivity index (χ0n) is 21.8. The molecule has 1 unspecified atom stereocenters. The Labute approximate surface area is 221 Å². The molecular weight excluding hydrogens is 480 g/mol. The Morgan fingerprint density at radius 2 is 2.00 bits per heavy atom. The summed E-state index contributed by atoms with van der Waals surface area (Å²) in [5.41, 5.74) is 9.33. The number of benzene rings is 2. The van der Waals surface area contributed by atoms with E-state index < -0.39 is 0 Å². The van der Waals surface area contributed by atoms with Gasteiger partial charge in [0.15, 0.2) is 0 Å². The van der Waals surface area contributed by atoms with Crippen LogP contribution in [0.15, 0.2) is 36.4 Å². The molecule has 4 aromatic rings. The molecule has 2 N–H and O–H groups in total. The highest BCUT2D eigenvalue weighted by Crippen LogP contribution is 2.32. The number of aromatic nitrogens is 3. The lowest BCUT2D eigenvalue weighted by atomic mass is 10.00. The summed E-state index contributed by atoms with van der Waals surface area (Å²) in [4.78, 5) is 22.4. The van der Waals surface area contributed by atoms with Crippen LogP contribution in [-0.4, -0.2) is 56.7 Å². The van der Waals surface area contributed by atoms with Crippen LogP contribution in [-0.2, 0) is 19.5 Å². The number of carbonyl (C=O) groups is 1. The Hall–Kier alpha value is -3.23. The van der Waals surface area contributed by atoms with Crippen LogP contribution in [0.4, 0.5) is 4.79 Å². The molecule has 1 fully saturated rings. The zero-order chi connectivity index (χ0) is 25.5. The number of nitrogens with one attached hydrogen (secondary N) is 2. The first kappa shape index (κ1) is 24.1. The third kappa shape index (κ3) is 4.88. The van der Waals surface area contributed by atoms with Crippen molar-refractivity contribution >= 4 is 27.6 Å². The van der Waals surface area contributed by atoms with Crippen molar-refractivity contribution in [1.82, 2.24) is 30.3 Å². The molecule has 6 rings (SSSR count). The molecule has 4 heterocycles. The Balaban J connectivity index is 1.13. The number of rotatable bonds is 4. The van der Waals surface area contributed by atoms with E-state index in [-0.39, 0.29) is 12.1 Å². The summed E-state index contributed by atoms with van der Waals surface area (Å²) < 4.78 is 1.19. The van der Waals surface area contributed by atoms with Gasteiger partial charge < -0.3 is 10.2 Å². The lowest BCUT2D eigenvalue weighted by Crippen LogP contribution is -2.52. The average Bonchev–Trinajstić information content (AvgIpc) is 3.48. The molecular formula is C29H34N6OS. The van der Waals surface area contributed by atoms with Gasteiger partial charge in [-0.1, -0.05) is 24.3 Å². The summed E-state index contributed by atoms with van der Waals surface area (Å²) >= 11 is 1.71. The first-order chi connectivity index (χ1) is 17.9. The van der Waals surface area contributed by atoms with Crippen LogP contribution in [0.25, 0.3) is 21.5 Å². The van der Waals surface area contributed by atoms with E-state index in [1.54, 1.807) is 11.3 Å². The predicted octanol–water partition coefficient (Wildman–Crippen LogP) is 5.34. The molecule has 1 atom stereocenters. The molecule has 2 aliphatic heterocycles. The number of nitrogens with zero attached hydrogens (tertiary/aromatic N) is 4. The predicted molar refractivity (Wildman–Crippen MR) is 149 cm³/mol. The van der Waals surface area contributed by atoms with E-state index in [2.05, 4.69) is 75.6 Å². The maximum Gasteiger partial charge on any atom is 0.317 e. The molecule has 0 aliphatic carbocycles. The highest BCUT2D eigenvalue weighted by molar-refractivity contribution is 7.18. The summed E-state index contributed by atoms with van der Waals surface area (Å²) in [6.07, 6.45) is 2.92. The number of aromatic amines is 1. The minimum absolute atomic E-state index is 0.0299. The van der Waals surface area contributed by atoms with Gasteiger partial charge in [-0.2, -0.15) is 5.10 Å².